The summed E-state index contributed by atoms with van der Waals surface area (Å²) in [6.45, 7) is 0. The molecule has 0 bridgehead atoms. The Bertz CT molecular complexity index is 313. The van der Waals surface area contributed by atoms with Crippen LogP contribution in [0.4, 0.5) is 13.2 Å². The van der Waals surface area contributed by atoms with Crippen LogP contribution in [-0.4, -0.2) is 12.1 Å². The summed E-state index contributed by atoms with van der Waals surface area (Å²) in [5.74, 6) is 0.0346. The van der Waals surface area contributed by atoms with E-state index in [2.05, 4.69) is 9.72 Å². The molecule has 72 valence electrons. The third-order valence-corrected chi connectivity index (χ3v) is 1.49. The van der Waals surface area contributed by atoms with Crippen molar-refractivity contribution in [3.05, 3.63) is 23.0 Å². The average Bonchev–Trinajstić information content (AvgIpc) is 2.01. The van der Waals surface area contributed by atoms with E-state index in [1.807, 2.05) is 0 Å². The Labute approximate surface area is 77.3 Å². The average molecular weight is 212 g/mol. The first-order valence-corrected chi connectivity index (χ1v) is 3.60. The maximum absolute atomic E-state index is 12.1. The second-order valence-electron chi connectivity index (χ2n) is 2.21. The fourth-order valence-corrected chi connectivity index (χ4v) is 0.935. The molecular formula is C7H5ClF3NO. The van der Waals surface area contributed by atoms with Gasteiger partial charge in [0, 0.05) is 12.1 Å². The van der Waals surface area contributed by atoms with E-state index in [1.54, 1.807) is 0 Å². The minimum Gasteiger partial charge on any atom is -0.497 e. The maximum atomic E-state index is 12.1. The molecule has 0 N–H and O–H groups in total. The van der Waals surface area contributed by atoms with Gasteiger partial charge in [0.25, 0.3) is 0 Å². The lowest BCUT2D eigenvalue weighted by molar-refractivity contribution is -0.141. The maximum Gasteiger partial charge on any atom is 0.433 e. The van der Waals surface area contributed by atoms with Crippen molar-refractivity contribution in [1.29, 1.82) is 0 Å². The van der Waals surface area contributed by atoms with Crippen LogP contribution in [0.3, 0.4) is 0 Å². The first kappa shape index (κ1) is 10.1. The molecule has 1 aromatic heterocycles. The normalized spacial score (nSPS) is 11.5. The van der Waals surface area contributed by atoms with Crippen LogP contribution in [0.5, 0.6) is 5.75 Å². The number of rotatable bonds is 1. The second kappa shape index (κ2) is 3.41. The van der Waals surface area contributed by atoms with Crippen molar-refractivity contribution in [2.75, 3.05) is 7.11 Å². The topological polar surface area (TPSA) is 22.1 Å². The molecule has 0 fully saturated rings. The van der Waals surface area contributed by atoms with Crippen molar-refractivity contribution in [3.63, 3.8) is 0 Å². The Morgan fingerprint density at radius 3 is 2.46 bits per heavy atom. The molecule has 1 heterocycles. The van der Waals surface area contributed by atoms with E-state index in [9.17, 15) is 13.2 Å². The molecule has 0 aliphatic carbocycles. The first-order valence-electron chi connectivity index (χ1n) is 3.22. The number of aromatic nitrogens is 1. The lowest BCUT2D eigenvalue weighted by Gasteiger charge is -2.07. The summed E-state index contributed by atoms with van der Waals surface area (Å²) in [7, 11) is 1.26. The quantitative estimate of drug-likeness (QED) is 0.667. The number of pyridine rings is 1. The van der Waals surface area contributed by atoms with Crippen molar-refractivity contribution in [2.45, 2.75) is 6.18 Å². The summed E-state index contributed by atoms with van der Waals surface area (Å²) in [5, 5.41) is -0.244. The molecule has 0 saturated carbocycles. The van der Waals surface area contributed by atoms with Crippen LogP contribution in [0.1, 0.15) is 5.69 Å². The van der Waals surface area contributed by atoms with E-state index >= 15 is 0 Å². The Balaban J connectivity index is 3.16. The van der Waals surface area contributed by atoms with E-state index in [0.29, 0.717) is 0 Å². The molecule has 0 atom stereocenters. The van der Waals surface area contributed by atoms with Gasteiger partial charge in [0.15, 0.2) is 0 Å². The van der Waals surface area contributed by atoms with Gasteiger partial charge in [0.2, 0.25) is 0 Å². The molecule has 0 aliphatic heterocycles. The van der Waals surface area contributed by atoms with Crippen molar-refractivity contribution in [1.82, 2.24) is 4.98 Å². The smallest absolute Gasteiger partial charge is 0.433 e. The fraction of sp³-hybridized carbons (Fsp3) is 0.286. The van der Waals surface area contributed by atoms with Gasteiger partial charge >= 0.3 is 6.18 Å². The van der Waals surface area contributed by atoms with Crippen LogP contribution in [0.25, 0.3) is 0 Å². The molecular weight excluding hydrogens is 207 g/mol. The van der Waals surface area contributed by atoms with Gasteiger partial charge in [0.1, 0.15) is 16.6 Å². The lowest BCUT2D eigenvalue weighted by atomic mass is 10.3. The minimum absolute atomic E-state index is 0.0346. The molecule has 0 aromatic carbocycles. The summed E-state index contributed by atoms with van der Waals surface area (Å²) in [6.07, 6.45) is -4.50. The number of hydrogen-bond donors (Lipinski definition) is 0. The van der Waals surface area contributed by atoms with Crippen molar-refractivity contribution >= 4 is 11.6 Å². The minimum atomic E-state index is -4.50. The highest BCUT2D eigenvalue weighted by molar-refractivity contribution is 6.29. The highest BCUT2D eigenvalue weighted by Crippen LogP contribution is 2.31. The van der Waals surface area contributed by atoms with Gasteiger partial charge in [-0.2, -0.15) is 13.2 Å². The van der Waals surface area contributed by atoms with Gasteiger partial charge in [-0.1, -0.05) is 11.6 Å². The van der Waals surface area contributed by atoms with Crippen LogP contribution < -0.4 is 4.74 Å². The molecule has 2 nitrogen and oxygen atoms in total. The van der Waals surface area contributed by atoms with Gasteiger partial charge in [-0.25, -0.2) is 4.98 Å². The number of alkyl halides is 3. The first-order chi connectivity index (χ1) is 5.93. The molecule has 6 heteroatoms. The molecule has 0 unspecified atom stereocenters. The monoisotopic (exact) mass is 211 g/mol. The van der Waals surface area contributed by atoms with Gasteiger partial charge in [-0.15, -0.1) is 0 Å². The summed E-state index contributed by atoms with van der Waals surface area (Å²) in [5.41, 5.74) is -1.06. The SMILES string of the molecule is COc1cc(Cl)nc(C(F)(F)F)c1. The highest BCUT2D eigenvalue weighted by atomic mass is 35.5. The second-order valence-corrected chi connectivity index (χ2v) is 2.60. The van der Waals surface area contributed by atoms with Crippen molar-refractivity contribution < 1.29 is 17.9 Å². The molecule has 1 aromatic rings. The van der Waals surface area contributed by atoms with E-state index in [0.717, 1.165) is 6.07 Å². The number of halogens is 4. The van der Waals surface area contributed by atoms with Crippen LogP contribution in [-0.2, 0) is 6.18 Å². The number of hydrogen-bond acceptors (Lipinski definition) is 2. The zero-order valence-corrected chi connectivity index (χ0v) is 7.28. The van der Waals surface area contributed by atoms with Crippen molar-refractivity contribution in [2.24, 2.45) is 0 Å². The number of methoxy groups -OCH3 is 1. The Morgan fingerprint density at radius 2 is 2.00 bits per heavy atom. The molecule has 0 saturated heterocycles. The lowest BCUT2D eigenvalue weighted by Crippen LogP contribution is -2.08. The highest BCUT2D eigenvalue weighted by Gasteiger charge is 2.33. The summed E-state index contributed by atoms with van der Waals surface area (Å²) < 4.78 is 40.9. The predicted octanol–water partition coefficient (Wildman–Crippen LogP) is 2.76. The van der Waals surface area contributed by atoms with Crippen LogP contribution in [0.15, 0.2) is 12.1 Å². The summed E-state index contributed by atoms with van der Waals surface area (Å²) in [6, 6.07) is 1.99. The Hall–Kier alpha value is -0.970. The largest absolute Gasteiger partial charge is 0.497 e. The number of nitrogens with zero attached hydrogens (tertiary/aromatic N) is 1. The van der Waals surface area contributed by atoms with E-state index < -0.39 is 11.9 Å². The molecule has 0 amide bonds. The van der Waals surface area contributed by atoms with Crippen LogP contribution in [0, 0.1) is 0 Å². The van der Waals surface area contributed by atoms with Gasteiger partial charge in [-0.05, 0) is 0 Å². The zero-order valence-electron chi connectivity index (χ0n) is 6.52. The molecule has 0 radical (unpaired) electrons. The molecule has 0 aliphatic rings. The zero-order chi connectivity index (χ0) is 10.1. The summed E-state index contributed by atoms with van der Waals surface area (Å²) in [4.78, 5) is 3.11. The van der Waals surface area contributed by atoms with Gasteiger partial charge < -0.3 is 4.74 Å². The predicted molar refractivity (Wildman–Crippen MR) is 40.8 cm³/mol. The third-order valence-electron chi connectivity index (χ3n) is 1.29. The number of ether oxygens (including phenoxy) is 1. The van der Waals surface area contributed by atoms with Gasteiger partial charge in [-0.3, -0.25) is 0 Å². The molecule has 13 heavy (non-hydrogen) atoms. The Kier molecular flexibility index (Phi) is 2.66. The third kappa shape index (κ3) is 2.48. The van der Waals surface area contributed by atoms with Crippen LogP contribution in [0.2, 0.25) is 5.15 Å². The Morgan fingerprint density at radius 1 is 1.38 bits per heavy atom. The fourth-order valence-electron chi connectivity index (χ4n) is 0.736. The van der Waals surface area contributed by atoms with Crippen molar-refractivity contribution in [3.8, 4) is 5.75 Å². The van der Waals surface area contributed by atoms with E-state index in [1.165, 1.54) is 13.2 Å². The standard InChI is InChI=1S/C7H5ClF3NO/c1-13-4-2-5(7(9,10)11)12-6(8)3-4/h2-3H,1H3. The molecule has 0 spiro atoms. The summed E-state index contributed by atoms with van der Waals surface area (Å²) >= 11 is 5.34. The van der Waals surface area contributed by atoms with E-state index in [-0.39, 0.29) is 10.9 Å². The molecule has 1 rings (SSSR count). The van der Waals surface area contributed by atoms with Crippen LogP contribution >= 0.6 is 11.6 Å². The van der Waals surface area contributed by atoms with E-state index in [4.69, 9.17) is 11.6 Å². The van der Waals surface area contributed by atoms with Gasteiger partial charge in [0.05, 0.1) is 7.11 Å².